The average Bonchev–Trinajstić information content (AvgIpc) is 2.33. The van der Waals surface area contributed by atoms with Gasteiger partial charge in [0.15, 0.2) is 0 Å². The maximum absolute atomic E-state index is 12.3. The Morgan fingerprint density at radius 2 is 1.89 bits per heavy atom. The molecule has 0 saturated carbocycles. The summed E-state index contributed by atoms with van der Waals surface area (Å²) in [6.07, 6.45) is 3.02. The first kappa shape index (κ1) is 15.3. The van der Waals surface area contributed by atoms with E-state index in [2.05, 4.69) is 6.58 Å². The Balaban J connectivity index is 2.62. The van der Waals surface area contributed by atoms with Gasteiger partial charge in [-0.1, -0.05) is 18.2 Å². The minimum absolute atomic E-state index is 0.157. The zero-order chi connectivity index (χ0) is 14.5. The molecule has 0 fully saturated rings. The molecule has 1 rings (SSSR count). The van der Waals surface area contributed by atoms with Gasteiger partial charge in [-0.2, -0.15) is 0 Å². The van der Waals surface area contributed by atoms with E-state index in [1.807, 2.05) is 49.9 Å². The summed E-state index contributed by atoms with van der Waals surface area (Å²) < 4.78 is 0. The molecule has 0 aliphatic rings. The van der Waals surface area contributed by atoms with Crippen LogP contribution >= 0.6 is 0 Å². The van der Waals surface area contributed by atoms with E-state index in [-0.39, 0.29) is 11.4 Å². The fraction of sp³-hybridized carbons (Fsp3) is 0.438. The van der Waals surface area contributed by atoms with Crippen LogP contribution in [-0.4, -0.2) is 22.9 Å². The molecule has 3 nitrogen and oxygen atoms in total. The number of nitrogens with two attached hydrogens (primary N) is 1. The third-order valence-corrected chi connectivity index (χ3v) is 3.03. The molecule has 3 heteroatoms. The van der Waals surface area contributed by atoms with Gasteiger partial charge in [0.2, 0.25) is 5.91 Å². The fourth-order valence-corrected chi connectivity index (χ4v) is 1.95. The molecule has 0 aromatic heterocycles. The van der Waals surface area contributed by atoms with Gasteiger partial charge in [0.05, 0.1) is 0 Å². The second kappa shape index (κ2) is 6.41. The van der Waals surface area contributed by atoms with Crippen molar-refractivity contribution < 1.29 is 4.79 Å². The van der Waals surface area contributed by atoms with Crippen molar-refractivity contribution in [2.45, 2.75) is 39.2 Å². The lowest BCUT2D eigenvalue weighted by Crippen LogP contribution is -2.45. The first-order valence-corrected chi connectivity index (χ1v) is 6.60. The van der Waals surface area contributed by atoms with Crippen LogP contribution in [0.5, 0.6) is 0 Å². The second-order valence-electron chi connectivity index (χ2n) is 5.71. The van der Waals surface area contributed by atoms with Gasteiger partial charge in [0.25, 0.3) is 0 Å². The quantitative estimate of drug-likeness (QED) is 0.653. The van der Waals surface area contributed by atoms with Crippen LogP contribution in [0.4, 0.5) is 5.69 Å². The molecule has 0 radical (unpaired) electrons. The van der Waals surface area contributed by atoms with Gasteiger partial charge in [0, 0.05) is 24.2 Å². The predicted octanol–water partition coefficient (Wildman–Crippen LogP) is 3.01. The number of anilines is 1. The van der Waals surface area contributed by atoms with E-state index in [1.165, 1.54) is 0 Å². The van der Waals surface area contributed by atoms with Crippen LogP contribution in [0.1, 0.15) is 32.8 Å². The monoisotopic (exact) mass is 260 g/mol. The Kier molecular flexibility index (Phi) is 5.16. The molecule has 0 spiro atoms. The van der Waals surface area contributed by atoms with Gasteiger partial charge in [0.1, 0.15) is 0 Å². The van der Waals surface area contributed by atoms with Crippen molar-refractivity contribution >= 4 is 11.6 Å². The van der Waals surface area contributed by atoms with E-state index < -0.39 is 0 Å². The Morgan fingerprint density at radius 3 is 2.37 bits per heavy atom. The highest BCUT2D eigenvalue weighted by Crippen LogP contribution is 2.16. The normalized spacial score (nSPS) is 11.1. The zero-order valence-corrected chi connectivity index (χ0v) is 12.1. The summed E-state index contributed by atoms with van der Waals surface area (Å²) in [7, 11) is 0. The summed E-state index contributed by atoms with van der Waals surface area (Å²) in [5, 5.41) is 0. The number of amides is 1. The standard InChI is InChI=1S/C16H24N2O/c1-5-12-18(16(2,3)4)15(19)11-8-13-6-9-14(17)10-7-13/h5-7,9-10H,1,8,11-12,17H2,2-4H3. The van der Waals surface area contributed by atoms with Crippen molar-refractivity contribution in [1.82, 2.24) is 4.90 Å². The molecule has 1 aromatic rings. The number of nitrogen functional groups attached to an aromatic ring is 1. The second-order valence-corrected chi connectivity index (χ2v) is 5.71. The molecular weight excluding hydrogens is 236 g/mol. The molecule has 1 aromatic carbocycles. The zero-order valence-electron chi connectivity index (χ0n) is 12.1. The lowest BCUT2D eigenvalue weighted by atomic mass is 10.0. The minimum atomic E-state index is -0.174. The molecule has 1 amide bonds. The van der Waals surface area contributed by atoms with Crippen LogP contribution < -0.4 is 5.73 Å². The maximum Gasteiger partial charge on any atom is 0.223 e. The van der Waals surface area contributed by atoms with Gasteiger partial charge < -0.3 is 10.6 Å². The molecule has 0 bridgehead atoms. The van der Waals surface area contributed by atoms with Crippen LogP contribution in [0.3, 0.4) is 0 Å². The molecule has 19 heavy (non-hydrogen) atoms. The first-order chi connectivity index (χ1) is 8.84. The van der Waals surface area contributed by atoms with Crippen molar-refractivity contribution in [3.8, 4) is 0 Å². The van der Waals surface area contributed by atoms with Crippen molar-refractivity contribution in [3.05, 3.63) is 42.5 Å². The van der Waals surface area contributed by atoms with E-state index in [9.17, 15) is 4.79 Å². The third-order valence-electron chi connectivity index (χ3n) is 3.03. The van der Waals surface area contributed by atoms with Crippen molar-refractivity contribution in [1.29, 1.82) is 0 Å². The predicted molar refractivity (Wildman–Crippen MR) is 80.8 cm³/mol. The molecular formula is C16H24N2O. The molecule has 0 unspecified atom stereocenters. The molecule has 2 N–H and O–H groups in total. The van der Waals surface area contributed by atoms with Crippen LogP contribution in [0.2, 0.25) is 0 Å². The van der Waals surface area contributed by atoms with Gasteiger partial charge in [-0.15, -0.1) is 6.58 Å². The summed E-state index contributed by atoms with van der Waals surface area (Å²) in [5.74, 6) is 0.157. The Hall–Kier alpha value is -1.77. The summed E-state index contributed by atoms with van der Waals surface area (Å²) >= 11 is 0. The molecule has 0 aliphatic heterocycles. The number of benzene rings is 1. The van der Waals surface area contributed by atoms with Crippen molar-refractivity contribution in [3.63, 3.8) is 0 Å². The highest BCUT2D eigenvalue weighted by atomic mass is 16.2. The molecule has 0 saturated heterocycles. The van der Waals surface area contributed by atoms with E-state index in [1.54, 1.807) is 6.08 Å². The fourth-order valence-electron chi connectivity index (χ4n) is 1.95. The van der Waals surface area contributed by atoms with Gasteiger partial charge >= 0.3 is 0 Å². The molecule has 0 heterocycles. The van der Waals surface area contributed by atoms with Crippen LogP contribution in [0.25, 0.3) is 0 Å². The lowest BCUT2D eigenvalue weighted by Gasteiger charge is -2.35. The van der Waals surface area contributed by atoms with Crippen LogP contribution in [0.15, 0.2) is 36.9 Å². The summed E-state index contributed by atoms with van der Waals surface area (Å²) in [4.78, 5) is 14.1. The number of carbonyl (C=O) groups is 1. The van der Waals surface area contributed by atoms with E-state index >= 15 is 0 Å². The summed E-state index contributed by atoms with van der Waals surface area (Å²) in [5.41, 5.74) is 7.35. The molecule has 0 aliphatic carbocycles. The Bertz CT molecular complexity index is 429. The third kappa shape index (κ3) is 4.78. The number of aryl methyl sites for hydroxylation is 1. The first-order valence-electron chi connectivity index (χ1n) is 6.60. The molecule has 104 valence electrons. The average molecular weight is 260 g/mol. The van der Waals surface area contributed by atoms with E-state index in [4.69, 9.17) is 5.73 Å². The number of hydrogen-bond donors (Lipinski definition) is 1. The van der Waals surface area contributed by atoms with Crippen molar-refractivity contribution in [2.75, 3.05) is 12.3 Å². The van der Waals surface area contributed by atoms with Crippen LogP contribution in [0, 0.1) is 0 Å². The van der Waals surface area contributed by atoms with E-state index in [0.717, 1.165) is 17.7 Å². The largest absolute Gasteiger partial charge is 0.399 e. The topological polar surface area (TPSA) is 46.3 Å². The smallest absolute Gasteiger partial charge is 0.223 e. The summed E-state index contributed by atoms with van der Waals surface area (Å²) in [6.45, 7) is 10.4. The van der Waals surface area contributed by atoms with Gasteiger partial charge in [-0.05, 0) is 44.9 Å². The number of rotatable bonds is 5. The Morgan fingerprint density at radius 1 is 1.32 bits per heavy atom. The number of carbonyl (C=O) groups excluding carboxylic acids is 1. The summed E-state index contributed by atoms with van der Waals surface area (Å²) in [6, 6.07) is 7.67. The van der Waals surface area contributed by atoms with Crippen LogP contribution in [-0.2, 0) is 11.2 Å². The molecule has 0 atom stereocenters. The lowest BCUT2D eigenvalue weighted by molar-refractivity contribution is -0.135. The SMILES string of the molecule is C=CCN(C(=O)CCc1ccc(N)cc1)C(C)(C)C. The number of nitrogens with zero attached hydrogens (tertiary/aromatic N) is 1. The highest BCUT2D eigenvalue weighted by molar-refractivity contribution is 5.77. The van der Waals surface area contributed by atoms with E-state index in [0.29, 0.717) is 13.0 Å². The maximum atomic E-state index is 12.3. The van der Waals surface area contributed by atoms with Gasteiger partial charge in [-0.25, -0.2) is 0 Å². The van der Waals surface area contributed by atoms with Gasteiger partial charge in [-0.3, -0.25) is 4.79 Å². The highest BCUT2D eigenvalue weighted by Gasteiger charge is 2.24. The minimum Gasteiger partial charge on any atom is -0.399 e. The van der Waals surface area contributed by atoms with Crippen molar-refractivity contribution in [2.24, 2.45) is 0 Å². The Labute approximate surface area is 116 Å². The number of hydrogen-bond acceptors (Lipinski definition) is 2.